The number of fused-ring (bicyclic) bond motifs is 1. The van der Waals surface area contributed by atoms with E-state index in [2.05, 4.69) is 35.1 Å². The summed E-state index contributed by atoms with van der Waals surface area (Å²) in [5.74, 6) is 1.63. The van der Waals surface area contributed by atoms with Crippen LogP contribution in [0.25, 0.3) is 0 Å². The Kier molecular flexibility index (Phi) is 5.63. The molecule has 1 N–H and O–H groups in total. The van der Waals surface area contributed by atoms with Crippen LogP contribution in [0.15, 0.2) is 40.9 Å². The van der Waals surface area contributed by atoms with Gasteiger partial charge in [-0.25, -0.2) is 0 Å². The number of amides is 1. The predicted octanol–water partition coefficient (Wildman–Crippen LogP) is 4.47. The summed E-state index contributed by atoms with van der Waals surface area (Å²) in [7, 11) is 0. The van der Waals surface area contributed by atoms with Crippen LogP contribution in [0.1, 0.15) is 35.6 Å². The highest BCUT2D eigenvalue weighted by Crippen LogP contribution is 2.34. The first kappa shape index (κ1) is 17.8. The van der Waals surface area contributed by atoms with E-state index in [0.29, 0.717) is 19.6 Å². The summed E-state index contributed by atoms with van der Waals surface area (Å²) in [6, 6.07) is 11.8. The number of benzene rings is 2. The molecule has 0 bridgehead atoms. The Hall–Kier alpha value is -2.01. The molecule has 1 heterocycles. The van der Waals surface area contributed by atoms with E-state index < -0.39 is 0 Å². The highest BCUT2D eigenvalue weighted by Gasteiger charge is 2.23. The van der Waals surface area contributed by atoms with Crippen LogP contribution in [0, 0.1) is 13.8 Å². The Morgan fingerprint density at radius 3 is 2.88 bits per heavy atom. The lowest BCUT2D eigenvalue weighted by molar-refractivity contribution is -0.122. The molecule has 1 amide bonds. The Balaban J connectivity index is 1.53. The van der Waals surface area contributed by atoms with E-state index in [1.54, 1.807) is 0 Å². The van der Waals surface area contributed by atoms with Crippen LogP contribution in [0.4, 0.5) is 0 Å². The second-order valence-corrected chi connectivity index (χ2v) is 7.20. The Labute approximate surface area is 156 Å². The minimum Gasteiger partial charge on any atom is -0.493 e. The van der Waals surface area contributed by atoms with Gasteiger partial charge in [-0.05, 0) is 55.3 Å². The van der Waals surface area contributed by atoms with Gasteiger partial charge in [0.1, 0.15) is 11.5 Å². The third-order valence-electron chi connectivity index (χ3n) is 4.42. The van der Waals surface area contributed by atoms with Gasteiger partial charge in [0, 0.05) is 16.5 Å². The zero-order chi connectivity index (χ0) is 17.8. The lowest BCUT2D eigenvalue weighted by atomic mass is 10.0. The SMILES string of the molecule is Cc1ccc(OCCC(=O)NC2CCOc3ccc(Br)cc32)cc1C. The van der Waals surface area contributed by atoms with Gasteiger partial charge in [-0.1, -0.05) is 22.0 Å². The van der Waals surface area contributed by atoms with Gasteiger partial charge in [0.25, 0.3) is 0 Å². The topological polar surface area (TPSA) is 47.6 Å². The molecular formula is C20H22BrNO3. The van der Waals surface area contributed by atoms with E-state index in [0.717, 1.165) is 28.0 Å². The molecule has 3 rings (SSSR count). The first-order valence-corrected chi connectivity index (χ1v) is 9.24. The monoisotopic (exact) mass is 403 g/mol. The molecule has 1 unspecified atom stereocenters. The van der Waals surface area contributed by atoms with E-state index in [4.69, 9.17) is 9.47 Å². The van der Waals surface area contributed by atoms with Crippen molar-refractivity contribution in [1.29, 1.82) is 0 Å². The number of hydrogen-bond acceptors (Lipinski definition) is 3. The van der Waals surface area contributed by atoms with E-state index in [1.165, 1.54) is 11.1 Å². The predicted molar refractivity (Wildman–Crippen MR) is 101 cm³/mol. The summed E-state index contributed by atoms with van der Waals surface area (Å²) in [5, 5.41) is 3.09. The summed E-state index contributed by atoms with van der Waals surface area (Å²) in [6.07, 6.45) is 1.10. The van der Waals surface area contributed by atoms with Crippen LogP contribution < -0.4 is 14.8 Å². The van der Waals surface area contributed by atoms with Gasteiger partial charge >= 0.3 is 0 Å². The number of rotatable bonds is 5. The molecule has 0 fully saturated rings. The van der Waals surface area contributed by atoms with Gasteiger partial charge < -0.3 is 14.8 Å². The molecule has 132 valence electrons. The van der Waals surface area contributed by atoms with E-state index in [1.807, 2.05) is 36.4 Å². The molecular weight excluding hydrogens is 382 g/mol. The number of carbonyl (C=O) groups excluding carboxylic acids is 1. The fraction of sp³-hybridized carbons (Fsp3) is 0.350. The maximum absolute atomic E-state index is 12.3. The fourth-order valence-corrected chi connectivity index (χ4v) is 3.23. The Morgan fingerprint density at radius 2 is 2.08 bits per heavy atom. The molecule has 4 nitrogen and oxygen atoms in total. The van der Waals surface area contributed by atoms with Crippen molar-refractivity contribution in [1.82, 2.24) is 5.32 Å². The van der Waals surface area contributed by atoms with Crippen LogP contribution in [-0.4, -0.2) is 19.1 Å². The van der Waals surface area contributed by atoms with Crippen molar-refractivity contribution in [3.8, 4) is 11.5 Å². The van der Waals surface area contributed by atoms with Gasteiger partial charge in [-0.2, -0.15) is 0 Å². The van der Waals surface area contributed by atoms with Gasteiger partial charge in [-0.3, -0.25) is 4.79 Å². The molecule has 1 aliphatic heterocycles. The summed E-state index contributed by atoms with van der Waals surface area (Å²) in [4.78, 5) is 12.3. The standard InChI is InChI=1S/C20H22BrNO3/c1-13-3-5-16(11-14(13)2)24-10-8-20(23)22-18-7-9-25-19-6-4-15(21)12-17(18)19/h3-6,11-12,18H,7-10H2,1-2H3,(H,22,23). The highest BCUT2D eigenvalue weighted by molar-refractivity contribution is 9.10. The minimum absolute atomic E-state index is 0.0124. The van der Waals surface area contributed by atoms with Crippen molar-refractivity contribution in [2.75, 3.05) is 13.2 Å². The number of aryl methyl sites for hydroxylation is 2. The molecule has 2 aromatic rings. The van der Waals surface area contributed by atoms with Crippen molar-refractivity contribution in [2.24, 2.45) is 0 Å². The first-order chi connectivity index (χ1) is 12.0. The summed E-state index contributed by atoms with van der Waals surface area (Å²) < 4.78 is 12.3. The Morgan fingerprint density at radius 1 is 1.24 bits per heavy atom. The molecule has 5 heteroatoms. The molecule has 0 aromatic heterocycles. The molecule has 25 heavy (non-hydrogen) atoms. The second kappa shape index (κ2) is 7.91. The largest absolute Gasteiger partial charge is 0.493 e. The van der Waals surface area contributed by atoms with Crippen LogP contribution in [0.3, 0.4) is 0 Å². The molecule has 1 atom stereocenters. The van der Waals surface area contributed by atoms with E-state index >= 15 is 0 Å². The smallest absolute Gasteiger partial charge is 0.223 e. The summed E-state index contributed by atoms with van der Waals surface area (Å²) in [5.41, 5.74) is 3.44. The molecule has 0 aliphatic carbocycles. The van der Waals surface area contributed by atoms with Crippen LogP contribution in [0.5, 0.6) is 11.5 Å². The molecule has 0 spiro atoms. The molecule has 0 radical (unpaired) electrons. The lowest BCUT2D eigenvalue weighted by Crippen LogP contribution is -2.32. The second-order valence-electron chi connectivity index (χ2n) is 6.28. The molecule has 1 aliphatic rings. The van der Waals surface area contributed by atoms with E-state index in [9.17, 15) is 4.79 Å². The van der Waals surface area contributed by atoms with Gasteiger partial charge in [-0.15, -0.1) is 0 Å². The maximum atomic E-state index is 12.3. The quantitative estimate of drug-likeness (QED) is 0.800. The van der Waals surface area contributed by atoms with E-state index in [-0.39, 0.29) is 11.9 Å². The van der Waals surface area contributed by atoms with Gasteiger partial charge in [0.05, 0.1) is 25.7 Å². The minimum atomic E-state index is -0.0182. The molecule has 0 saturated heterocycles. The first-order valence-electron chi connectivity index (χ1n) is 8.44. The number of carbonyl (C=O) groups is 1. The number of nitrogens with one attached hydrogen (secondary N) is 1. The normalized spacial score (nSPS) is 15.9. The average molecular weight is 404 g/mol. The fourth-order valence-electron chi connectivity index (χ4n) is 2.85. The van der Waals surface area contributed by atoms with Crippen molar-refractivity contribution >= 4 is 21.8 Å². The highest BCUT2D eigenvalue weighted by atomic mass is 79.9. The third kappa shape index (κ3) is 4.54. The summed E-state index contributed by atoms with van der Waals surface area (Å²) in [6.45, 7) is 5.09. The zero-order valence-corrected chi connectivity index (χ0v) is 16.1. The van der Waals surface area contributed by atoms with Crippen LogP contribution in [0.2, 0.25) is 0 Å². The van der Waals surface area contributed by atoms with Gasteiger partial charge in [0.15, 0.2) is 0 Å². The third-order valence-corrected chi connectivity index (χ3v) is 4.92. The average Bonchev–Trinajstić information content (AvgIpc) is 2.58. The summed E-state index contributed by atoms with van der Waals surface area (Å²) >= 11 is 3.47. The maximum Gasteiger partial charge on any atom is 0.223 e. The molecule has 2 aromatic carbocycles. The van der Waals surface area contributed by atoms with Crippen molar-refractivity contribution in [3.63, 3.8) is 0 Å². The molecule has 0 saturated carbocycles. The van der Waals surface area contributed by atoms with Crippen LogP contribution in [-0.2, 0) is 4.79 Å². The Bertz CT molecular complexity index is 776. The van der Waals surface area contributed by atoms with Crippen molar-refractivity contribution in [3.05, 3.63) is 57.6 Å². The number of halogens is 1. The zero-order valence-electron chi connectivity index (χ0n) is 14.5. The van der Waals surface area contributed by atoms with Crippen molar-refractivity contribution in [2.45, 2.75) is 32.7 Å². The number of hydrogen-bond donors (Lipinski definition) is 1. The van der Waals surface area contributed by atoms with Gasteiger partial charge in [0.2, 0.25) is 5.91 Å². The van der Waals surface area contributed by atoms with Crippen LogP contribution >= 0.6 is 15.9 Å². The lowest BCUT2D eigenvalue weighted by Gasteiger charge is -2.27. The number of ether oxygens (including phenoxy) is 2. The van der Waals surface area contributed by atoms with Crippen molar-refractivity contribution < 1.29 is 14.3 Å².